The lowest BCUT2D eigenvalue weighted by atomic mass is 10.2. The summed E-state index contributed by atoms with van der Waals surface area (Å²) in [6.07, 6.45) is 0.268. The molecule has 2 rings (SSSR count). The van der Waals surface area contributed by atoms with Crippen LogP contribution < -0.4 is 15.4 Å². The maximum atomic E-state index is 12.1. The van der Waals surface area contributed by atoms with Gasteiger partial charge in [0.1, 0.15) is 5.75 Å². The minimum absolute atomic E-state index is 0.146. The summed E-state index contributed by atoms with van der Waals surface area (Å²) in [6.45, 7) is 2.30. The predicted molar refractivity (Wildman–Crippen MR) is 101 cm³/mol. The normalized spacial score (nSPS) is 10.4. The predicted octanol–water partition coefficient (Wildman–Crippen LogP) is 5.40. The van der Waals surface area contributed by atoms with E-state index in [-0.39, 0.29) is 12.3 Å². The highest BCUT2D eigenvalue weighted by molar-refractivity contribution is 6.36. The van der Waals surface area contributed by atoms with Crippen LogP contribution in [-0.2, 0) is 4.79 Å². The standard InChI is InChI=1S/C17H17Cl3N2O2/c1-10-7-15(16(24-2)9-12(10)19)22-17(23)5-6-21-14-4-3-11(18)8-13(14)20/h3-4,7-9,21H,5-6H2,1-2H3,(H,22,23). The van der Waals surface area contributed by atoms with E-state index in [4.69, 9.17) is 39.5 Å². The summed E-state index contributed by atoms with van der Waals surface area (Å²) in [6, 6.07) is 8.61. The first kappa shape index (κ1) is 18.7. The van der Waals surface area contributed by atoms with E-state index in [1.54, 1.807) is 30.3 Å². The molecule has 0 atom stereocenters. The van der Waals surface area contributed by atoms with Crippen LogP contribution in [0.3, 0.4) is 0 Å². The van der Waals surface area contributed by atoms with Crippen molar-refractivity contribution in [3.8, 4) is 5.75 Å². The summed E-state index contributed by atoms with van der Waals surface area (Å²) in [5.74, 6) is 0.375. The van der Waals surface area contributed by atoms with Crippen LogP contribution in [0.5, 0.6) is 5.75 Å². The molecule has 0 saturated heterocycles. The number of ether oxygens (including phenoxy) is 1. The van der Waals surface area contributed by atoms with E-state index in [2.05, 4.69) is 10.6 Å². The van der Waals surface area contributed by atoms with E-state index in [1.807, 2.05) is 6.92 Å². The Bertz CT molecular complexity index is 751. The smallest absolute Gasteiger partial charge is 0.226 e. The van der Waals surface area contributed by atoms with Gasteiger partial charge in [-0.15, -0.1) is 0 Å². The molecule has 0 fully saturated rings. The molecule has 7 heteroatoms. The number of methoxy groups -OCH3 is 1. The lowest BCUT2D eigenvalue weighted by Crippen LogP contribution is -2.17. The summed E-state index contributed by atoms with van der Waals surface area (Å²) >= 11 is 18.0. The molecular weight excluding hydrogens is 371 g/mol. The molecule has 0 radical (unpaired) electrons. The third-order valence-electron chi connectivity index (χ3n) is 3.35. The maximum Gasteiger partial charge on any atom is 0.226 e. The fraction of sp³-hybridized carbons (Fsp3) is 0.235. The second-order valence-electron chi connectivity index (χ2n) is 5.15. The number of halogens is 3. The minimum atomic E-state index is -0.146. The number of benzene rings is 2. The van der Waals surface area contributed by atoms with Gasteiger partial charge in [0.15, 0.2) is 0 Å². The van der Waals surface area contributed by atoms with E-state index in [0.29, 0.717) is 33.0 Å². The number of anilines is 2. The van der Waals surface area contributed by atoms with Crippen LogP contribution in [0.1, 0.15) is 12.0 Å². The molecule has 1 amide bonds. The zero-order chi connectivity index (χ0) is 17.7. The average Bonchev–Trinajstić information content (AvgIpc) is 2.52. The van der Waals surface area contributed by atoms with E-state index in [9.17, 15) is 4.79 Å². The van der Waals surface area contributed by atoms with Crippen molar-refractivity contribution >= 4 is 52.1 Å². The van der Waals surface area contributed by atoms with Crippen molar-refractivity contribution in [1.82, 2.24) is 0 Å². The van der Waals surface area contributed by atoms with Gasteiger partial charge < -0.3 is 15.4 Å². The van der Waals surface area contributed by atoms with Gasteiger partial charge in [-0.25, -0.2) is 0 Å². The Morgan fingerprint density at radius 2 is 1.83 bits per heavy atom. The fourth-order valence-electron chi connectivity index (χ4n) is 2.09. The molecule has 0 spiro atoms. The van der Waals surface area contributed by atoms with Crippen molar-refractivity contribution in [2.24, 2.45) is 0 Å². The highest BCUT2D eigenvalue weighted by atomic mass is 35.5. The maximum absolute atomic E-state index is 12.1. The van der Waals surface area contributed by atoms with Crippen molar-refractivity contribution < 1.29 is 9.53 Å². The number of carbonyl (C=O) groups is 1. The Morgan fingerprint density at radius 3 is 2.50 bits per heavy atom. The van der Waals surface area contributed by atoms with Crippen LogP contribution in [0.2, 0.25) is 15.1 Å². The van der Waals surface area contributed by atoms with Gasteiger partial charge in [-0.2, -0.15) is 0 Å². The summed E-state index contributed by atoms with van der Waals surface area (Å²) < 4.78 is 5.24. The molecule has 0 bridgehead atoms. The minimum Gasteiger partial charge on any atom is -0.495 e. The van der Waals surface area contributed by atoms with Crippen LogP contribution >= 0.6 is 34.8 Å². The first-order valence-corrected chi connectivity index (χ1v) is 8.37. The molecule has 2 aromatic rings. The van der Waals surface area contributed by atoms with E-state index < -0.39 is 0 Å². The average molecular weight is 388 g/mol. The summed E-state index contributed by atoms with van der Waals surface area (Å²) in [5, 5.41) is 7.59. The fourth-order valence-corrected chi connectivity index (χ4v) is 2.72. The Kier molecular flexibility index (Phi) is 6.60. The third-order valence-corrected chi connectivity index (χ3v) is 4.31. The molecule has 0 saturated carbocycles. The van der Waals surface area contributed by atoms with Crippen LogP contribution in [-0.4, -0.2) is 19.6 Å². The first-order chi connectivity index (χ1) is 11.4. The molecule has 0 heterocycles. The van der Waals surface area contributed by atoms with Crippen molar-refractivity contribution in [1.29, 1.82) is 0 Å². The number of hydrogen-bond donors (Lipinski definition) is 2. The molecule has 2 N–H and O–H groups in total. The molecule has 0 aliphatic rings. The van der Waals surface area contributed by atoms with Crippen molar-refractivity contribution in [2.75, 3.05) is 24.3 Å². The number of hydrogen-bond acceptors (Lipinski definition) is 3. The zero-order valence-electron chi connectivity index (χ0n) is 13.3. The van der Waals surface area contributed by atoms with Gasteiger partial charge in [-0.3, -0.25) is 4.79 Å². The lowest BCUT2D eigenvalue weighted by Gasteiger charge is -2.13. The molecule has 2 aromatic carbocycles. The Morgan fingerprint density at radius 1 is 1.08 bits per heavy atom. The van der Waals surface area contributed by atoms with Gasteiger partial charge in [0.2, 0.25) is 5.91 Å². The van der Waals surface area contributed by atoms with E-state index in [1.165, 1.54) is 7.11 Å². The van der Waals surface area contributed by atoms with Crippen LogP contribution in [0, 0.1) is 6.92 Å². The van der Waals surface area contributed by atoms with Crippen molar-refractivity contribution in [2.45, 2.75) is 13.3 Å². The quantitative estimate of drug-likeness (QED) is 0.697. The van der Waals surface area contributed by atoms with E-state index >= 15 is 0 Å². The lowest BCUT2D eigenvalue weighted by molar-refractivity contribution is -0.115. The van der Waals surface area contributed by atoms with Crippen LogP contribution in [0.15, 0.2) is 30.3 Å². The number of nitrogens with one attached hydrogen (secondary N) is 2. The molecule has 4 nitrogen and oxygen atoms in total. The summed E-state index contributed by atoms with van der Waals surface area (Å²) in [4.78, 5) is 12.1. The number of aryl methyl sites for hydroxylation is 1. The van der Waals surface area contributed by atoms with Gasteiger partial charge >= 0.3 is 0 Å². The van der Waals surface area contributed by atoms with E-state index in [0.717, 1.165) is 11.3 Å². The highest BCUT2D eigenvalue weighted by Gasteiger charge is 2.10. The molecule has 0 aliphatic heterocycles. The second-order valence-corrected chi connectivity index (χ2v) is 6.40. The molecular formula is C17H17Cl3N2O2. The summed E-state index contributed by atoms with van der Waals surface area (Å²) in [5.41, 5.74) is 2.18. The number of carbonyl (C=O) groups excluding carboxylic acids is 1. The van der Waals surface area contributed by atoms with Crippen LogP contribution in [0.4, 0.5) is 11.4 Å². The molecule has 128 valence electrons. The molecule has 0 aliphatic carbocycles. The largest absolute Gasteiger partial charge is 0.495 e. The second kappa shape index (κ2) is 8.47. The van der Waals surface area contributed by atoms with Gasteiger partial charge in [0.25, 0.3) is 0 Å². The van der Waals surface area contributed by atoms with Crippen molar-refractivity contribution in [3.05, 3.63) is 51.0 Å². The van der Waals surface area contributed by atoms with Crippen molar-refractivity contribution in [3.63, 3.8) is 0 Å². The number of rotatable bonds is 6. The SMILES string of the molecule is COc1cc(Cl)c(C)cc1NC(=O)CCNc1ccc(Cl)cc1Cl. The Labute approximate surface area is 156 Å². The zero-order valence-corrected chi connectivity index (χ0v) is 15.5. The molecule has 24 heavy (non-hydrogen) atoms. The molecule has 0 aromatic heterocycles. The van der Waals surface area contributed by atoms with Crippen LogP contribution in [0.25, 0.3) is 0 Å². The van der Waals surface area contributed by atoms with Gasteiger partial charge in [0.05, 0.1) is 23.5 Å². The molecule has 0 unspecified atom stereocenters. The van der Waals surface area contributed by atoms with Gasteiger partial charge in [-0.05, 0) is 36.8 Å². The monoisotopic (exact) mass is 386 g/mol. The Balaban J connectivity index is 1.93. The Hall–Kier alpha value is -1.62. The first-order valence-electron chi connectivity index (χ1n) is 7.23. The summed E-state index contributed by atoms with van der Waals surface area (Å²) in [7, 11) is 1.53. The van der Waals surface area contributed by atoms with Gasteiger partial charge in [-0.1, -0.05) is 34.8 Å². The van der Waals surface area contributed by atoms with Gasteiger partial charge in [0, 0.05) is 29.1 Å². The topological polar surface area (TPSA) is 50.4 Å². The highest BCUT2D eigenvalue weighted by Crippen LogP contribution is 2.31. The third kappa shape index (κ3) is 4.94. The number of amides is 1.